The summed E-state index contributed by atoms with van der Waals surface area (Å²) in [6.07, 6.45) is 1.28. The van der Waals surface area contributed by atoms with Crippen LogP contribution in [-0.2, 0) is 6.54 Å². The normalized spacial score (nSPS) is 10.2. The third-order valence-corrected chi connectivity index (χ3v) is 3.44. The average molecular weight is 280 g/mol. The summed E-state index contributed by atoms with van der Waals surface area (Å²) in [5.41, 5.74) is 2.48. The van der Waals surface area contributed by atoms with Crippen LogP contribution in [0.25, 0.3) is 0 Å². The van der Waals surface area contributed by atoms with Gasteiger partial charge < -0.3 is 10.6 Å². The van der Waals surface area contributed by atoms with Crippen molar-refractivity contribution in [2.24, 2.45) is 0 Å². The molecule has 0 bridgehead atoms. The Bertz CT molecular complexity index is 599. The van der Waals surface area contributed by atoms with Gasteiger partial charge in [-0.25, -0.2) is 15.0 Å². The molecule has 0 aliphatic heterocycles. The molecule has 2 aromatic rings. The third kappa shape index (κ3) is 2.76. The zero-order chi connectivity index (χ0) is 13.8. The Labute approximate surface area is 113 Å². The lowest BCUT2D eigenvalue weighted by molar-refractivity contribution is -0.383. The first-order valence-corrected chi connectivity index (χ1v) is 6.31. The fourth-order valence-electron chi connectivity index (χ4n) is 1.52. The van der Waals surface area contributed by atoms with Gasteiger partial charge in [0.1, 0.15) is 6.33 Å². The molecule has 0 amide bonds. The number of aryl methyl sites for hydroxylation is 1. The molecule has 2 heterocycles. The molecular formula is C10H12N6O2S. The minimum atomic E-state index is -0.506. The molecule has 2 aromatic heterocycles. The molecular weight excluding hydrogens is 268 g/mol. The van der Waals surface area contributed by atoms with Crippen LogP contribution in [0.1, 0.15) is 10.6 Å². The minimum Gasteiger partial charge on any atom is -0.367 e. The lowest BCUT2D eigenvalue weighted by atomic mass is 10.3. The molecule has 0 unspecified atom stereocenters. The zero-order valence-corrected chi connectivity index (χ0v) is 11.2. The summed E-state index contributed by atoms with van der Waals surface area (Å²) in [5.74, 6) is 0.376. The standard InChI is InChI=1S/C10H12N6O2S/c1-6-7(19-5-15-6)3-12-10-8(16(17)18)9(11-2)13-4-14-10/h4-5H,3H2,1-2H3,(H2,11,12,13,14). The van der Waals surface area contributed by atoms with Crippen LogP contribution >= 0.6 is 11.3 Å². The summed E-state index contributed by atoms with van der Waals surface area (Å²) in [4.78, 5) is 23.4. The van der Waals surface area contributed by atoms with E-state index in [1.807, 2.05) is 6.92 Å². The average Bonchev–Trinajstić information content (AvgIpc) is 2.81. The Morgan fingerprint density at radius 1 is 1.37 bits per heavy atom. The summed E-state index contributed by atoms with van der Waals surface area (Å²) in [7, 11) is 1.58. The second-order valence-corrected chi connectivity index (χ2v) is 4.58. The van der Waals surface area contributed by atoms with Gasteiger partial charge in [-0.1, -0.05) is 0 Å². The van der Waals surface area contributed by atoms with Gasteiger partial charge in [-0.2, -0.15) is 0 Å². The van der Waals surface area contributed by atoms with Crippen molar-refractivity contribution < 1.29 is 4.92 Å². The maximum atomic E-state index is 11.1. The quantitative estimate of drug-likeness (QED) is 0.635. The molecule has 0 saturated carbocycles. The van der Waals surface area contributed by atoms with Crippen molar-refractivity contribution in [3.05, 3.63) is 32.5 Å². The third-order valence-electron chi connectivity index (χ3n) is 2.50. The second-order valence-electron chi connectivity index (χ2n) is 3.64. The number of nitrogens with zero attached hydrogens (tertiary/aromatic N) is 4. The molecule has 2 N–H and O–H groups in total. The van der Waals surface area contributed by atoms with E-state index in [1.54, 1.807) is 12.6 Å². The van der Waals surface area contributed by atoms with E-state index in [9.17, 15) is 10.1 Å². The smallest absolute Gasteiger partial charge is 0.353 e. The van der Waals surface area contributed by atoms with Gasteiger partial charge in [0, 0.05) is 11.9 Å². The number of nitrogens with one attached hydrogen (secondary N) is 2. The Kier molecular flexibility index (Phi) is 3.85. The second kappa shape index (κ2) is 5.57. The molecule has 0 spiro atoms. The van der Waals surface area contributed by atoms with Gasteiger partial charge in [0.05, 0.1) is 22.7 Å². The Morgan fingerprint density at radius 2 is 2.11 bits per heavy atom. The lowest BCUT2D eigenvalue weighted by Gasteiger charge is -2.07. The Hall–Kier alpha value is -2.29. The van der Waals surface area contributed by atoms with E-state index in [-0.39, 0.29) is 17.3 Å². The van der Waals surface area contributed by atoms with Crippen LogP contribution in [-0.4, -0.2) is 26.9 Å². The van der Waals surface area contributed by atoms with E-state index >= 15 is 0 Å². The maximum absolute atomic E-state index is 11.1. The molecule has 0 aliphatic carbocycles. The first-order chi connectivity index (χ1) is 9.13. The summed E-state index contributed by atoms with van der Waals surface area (Å²) < 4.78 is 0. The summed E-state index contributed by atoms with van der Waals surface area (Å²) >= 11 is 1.49. The molecule has 0 atom stereocenters. The van der Waals surface area contributed by atoms with Gasteiger partial charge >= 0.3 is 5.69 Å². The summed E-state index contributed by atoms with van der Waals surface area (Å²) in [6, 6.07) is 0. The number of hydrogen-bond acceptors (Lipinski definition) is 8. The monoisotopic (exact) mass is 280 g/mol. The highest BCUT2D eigenvalue weighted by molar-refractivity contribution is 7.09. The van der Waals surface area contributed by atoms with Crippen LogP contribution in [0.3, 0.4) is 0 Å². The number of hydrogen-bond donors (Lipinski definition) is 2. The van der Waals surface area contributed by atoms with E-state index in [4.69, 9.17) is 0 Å². The molecule has 8 nitrogen and oxygen atoms in total. The molecule has 0 fully saturated rings. The minimum absolute atomic E-state index is 0.160. The highest BCUT2D eigenvalue weighted by atomic mass is 32.1. The number of nitro groups is 1. The molecule has 0 radical (unpaired) electrons. The predicted molar refractivity (Wildman–Crippen MR) is 72.4 cm³/mol. The topological polar surface area (TPSA) is 106 Å². The highest BCUT2D eigenvalue weighted by Gasteiger charge is 2.22. The molecule has 0 saturated heterocycles. The van der Waals surface area contributed by atoms with Gasteiger partial charge in [-0.3, -0.25) is 10.1 Å². The van der Waals surface area contributed by atoms with E-state index in [0.29, 0.717) is 6.54 Å². The van der Waals surface area contributed by atoms with Crippen molar-refractivity contribution >= 4 is 28.7 Å². The van der Waals surface area contributed by atoms with Crippen molar-refractivity contribution in [3.8, 4) is 0 Å². The van der Waals surface area contributed by atoms with Crippen molar-refractivity contribution in [1.82, 2.24) is 15.0 Å². The molecule has 0 aliphatic rings. The fourth-order valence-corrected chi connectivity index (χ4v) is 2.24. The van der Waals surface area contributed by atoms with Crippen LogP contribution in [0.4, 0.5) is 17.3 Å². The van der Waals surface area contributed by atoms with Crippen LogP contribution in [0.5, 0.6) is 0 Å². The van der Waals surface area contributed by atoms with Crippen molar-refractivity contribution in [2.75, 3.05) is 17.7 Å². The van der Waals surface area contributed by atoms with E-state index in [1.165, 1.54) is 17.7 Å². The molecule has 100 valence electrons. The molecule has 2 rings (SSSR count). The van der Waals surface area contributed by atoms with Gasteiger partial charge in [0.2, 0.25) is 11.6 Å². The van der Waals surface area contributed by atoms with Crippen molar-refractivity contribution in [1.29, 1.82) is 0 Å². The number of thiazole rings is 1. The molecule has 19 heavy (non-hydrogen) atoms. The fraction of sp³-hybridized carbons (Fsp3) is 0.300. The number of aromatic nitrogens is 3. The highest BCUT2D eigenvalue weighted by Crippen LogP contribution is 2.29. The number of anilines is 2. The molecule has 9 heteroatoms. The van der Waals surface area contributed by atoms with E-state index in [0.717, 1.165) is 10.6 Å². The van der Waals surface area contributed by atoms with Crippen LogP contribution in [0.15, 0.2) is 11.8 Å². The van der Waals surface area contributed by atoms with Gasteiger partial charge in [-0.15, -0.1) is 11.3 Å². The first kappa shape index (κ1) is 13.1. The van der Waals surface area contributed by atoms with Crippen LogP contribution in [0.2, 0.25) is 0 Å². The lowest BCUT2D eigenvalue weighted by Crippen LogP contribution is -2.08. The van der Waals surface area contributed by atoms with Crippen LogP contribution in [0, 0.1) is 17.0 Å². The SMILES string of the molecule is CNc1ncnc(NCc2scnc2C)c1[N+](=O)[O-]. The van der Waals surface area contributed by atoms with Gasteiger partial charge in [0.25, 0.3) is 0 Å². The van der Waals surface area contributed by atoms with Crippen molar-refractivity contribution in [3.63, 3.8) is 0 Å². The van der Waals surface area contributed by atoms with Gasteiger partial charge in [-0.05, 0) is 6.92 Å². The Morgan fingerprint density at radius 3 is 2.68 bits per heavy atom. The van der Waals surface area contributed by atoms with E-state index < -0.39 is 4.92 Å². The predicted octanol–water partition coefficient (Wildman–Crippen LogP) is 1.80. The zero-order valence-electron chi connectivity index (χ0n) is 10.4. The molecule has 0 aromatic carbocycles. The maximum Gasteiger partial charge on any atom is 0.353 e. The van der Waals surface area contributed by atoms with Gasteiger partial charge in [0.15, 0.2) is 0 Å². The van der Waals surface area contributed by atoms with Crippen LogP contribution < -0.4 is 10.6 Å². The summed E-state index contributed by atoms with van der Waals surface area (Å²) in [6.45, 7) is 2.33. The largest absolute Gasteiger partial charge is 0.367 e. The summed E-state index contributed by atoms with van der Waals surface area (Å²) in [5, 5.41) is 16.7. The number of rotatable bonds is 5. The first-order valence-electron chi connectivity index (χ1n) is 5.43. The van der Waals surface area contributed by atoms with Crippen molar-refractivity contribution in [2.45, 2.75) is 13.5 Å². The Balaban J connectivity index is 2.25. The van der Waals surface area contributed by atoms with E-state index in [2.05, 4.69) is 25.6 Å².